The predicted molar refractivity (Wildman–Crippen MR) is 86.3 cm³/mol. The molecule has 120 valence electrons. The number of nitrogens with one attached hydrogen (secondary N) is 1. The third-order valence-corrected chi connectivity index (χ3v) is 6.60. The molecule has 22 heavy (non-hydrogen) atoms. The van der Waals surface area contributed by atoms with Gasteiger partial charge in [0.2, 0.25) is 10.0 Å². The number of aromatic amines is 1. The Hall–Kier alpha value is -1.67. The van der Waals surface area contributed by atoms with Gasteiger partial charge in [0.1, 0.15) is 17.8 Å². The molecule has 1 aliphatic rings. The van der Waals surface area contributed by atoms with Crippen LogP contribution in [0, 0.1) is 0 Å². The van der Waals surface area contributed by atoms with Crippen molar-refractivity contribution in [2.24, 2.45) is 0 Å². The Morgan fingerprint density at radius 2 is 2.18 bits per heavy atom. The molecule has 1 N–H and O–H groups in total. The first-order valence-corrected chi connectivity index (χ1v) is 8.91. The Balaban J connectivity index is 1.82. The lowest BCUT2D eigenvalue weighted by Gasteiger charge is -2.26. The van der Waals surface area contributed by atoms with Crippen molar-refractivity contribution in [1.82, 2.24) is 19.3 Å². The van der Waals surface area contributed by atoms with Gasteiger partial charge in [-0.25, -0.2) is 18.4 Å². The lowest BCUT2D eigenvalue weighted by Crippen LogP contribution is -2.42. The summed E-state index contributed by atoms with van der Waals surface area (Å²) >= 11 is 0. The van der Waals surface area contributed by atoms with E-state index in [9.17, 15) is 8.42 Å². The molecule has 3 rings (SSSR count). The summed E-state index contributed by atoms with van der Waals surface area (Å²) in [5, 5.41) is 0.569. The standard InChI is InChI=1S/C14H21N5O2S/c1-10(2)22(20,21)18(3)11-5-7-19(8-11)14-12-4-6-15-13(12)16-9-17-14/h4,6,9-11H,5,7-8H2,1-3H3,(H,15,16,17)/t11-/m1/s1. The van der Waals surface area contributed by atoms with Crippen molar-refractivity contribution in [1.29, 1.82) is 0 Å². The Labute approximate surface area is 130 Å². The molecule has 1 saturated heterocycles. The molecule has 8 heteroatoms. The van der Waals surface area contributed by atoms with Gasteiger partial charge in [-0.05, 0) is 26.3 Å². The van der Waals surface area contributed by atoms with Gasteiger partial charge in [-0.15, -0.1) is 0 Å². The number of likely N-dealkylation sites (N-methyl/N-ethyl adjacent to an activating group) is 1. The van der Waals surface area contributed by atoms with E-state index in [-0.39, 0.29) is 6.04 Å². The first-order chi connectivity index (χ1) is 10.4. The van der Waals surface area contributed by atoms with Crippen LogP contribution in [0.2, 0.25) is 0 Å². The molecule has 0 radical (unpaired) electrons. The molecule has 0 aromatic carbocycles. The third-order valence-electron chi connectivity index (χ3n) is 4.31. The summed E-state index contributed by atoms with van der Waals surface area (Å²) in [6.45, 7) is 4.87. The van der Waals surface area contributed by atoms with E-state index in [1.54, 1.807) is 20.9 Å². The van der Waals surface area contributed by atoms with E-state index >= 15 is 0 Å². The average molecular weight is 323 g/mol. The molecular weight excluding hydrogens is 302 g/mol. The molecule has 1 atom stereocenters. The molecule has 0 saturated carbocycles. The van der Waals surface area contributed by atoms with Gasteiger partial charge in [-0.3, -0.25) is 0 Å². The molecule has 0 unspecified atom stereocenters. The molecule has 2 aromatic heterocycles. The number of sulfonamides is 1. The highest BCUT2D eigenvalue weighted by atomic mass is 32.2. The monoisotopic (exact) mass is 323 g/mol. The maximum atomic E-state index is 12.3. The van der Waals surface area contributed by atoms with Crippen LogP contribution < -0.4 is 4.90 Å². The summed E-state index contributed by atoms with van der Waals surface area (Å²) in [5.41, 5.74) is 0.802. The average Bonchev–Trinajstić information content (AvgIpc) is 3.14. The molecule has 2 aromatic rings. The van der Waals surface area contributed by atoms with E-state index in [1.165, 1.54) is 10.6 Å². The second-order valence-corrected chi connectivity index (χ2v) is 8.48. The summed E-state index contributed by atoms with van der Waals surface area (Å²) in [7, 11) is -1.55. The molecule has 1 fully saturated rings. The quantitative estimate of drug-likeness (QED) is 0.914. The van der Waals surface area contributed by atoms with Crippen molar-refractivity contribution < 1.29 is 8.42 Å². The van der Waals surface area contributed by atoms with Gasteiger partial charge in [0, 0.05) is 32.4 Å². The van der Waals surface area contributed by atoms with Crippen molar-refractivity contribution in [3.05, 3.63) is 18.6 Å². The van der Waals surface area contributed by atoms with Crippen LogP contribution >= 0.6 is 0 Å². The Morgan fingerprint density at radius 1 is 1.41 bits per heavy atom. The van der Waals surface area contributed by atoms with E-state index in [0.717, 1.165) is 29.8 Å². The number of aromatic nitrogens is 3. The number of hydrogen-bond acceptors (Lipinski definition) is 5. The molecule has 0 spiro atoms. The number of fused-ring (bicyclic) bond motifs is 1. The molecule has 3 heterocycles. The number of hydrogen-bond donors (Lipinski definition) is 1. The van der Waals surface area contributed by atoms with Gasteiger partial charge >= 0.3 is 0 Å². The molecule has 0 bridgehead atoms. The van der Waals surface area contributed by atoms with Gasteiger partial charge in [0.05, 0.1) is 10.6 Å². The minimum atomic E-state index is -3.23. The number of rotatable bonds is 4. The lowest BCUT2D eigenvalue weighted by molar-refractivity contribution is 0.386. The predicted octanol–water partition coefficient (Wildman–Crippen LogP) is 1.21. The van der Waals surface area contributed by atoms with Crippen molar-refractivity contribution in [2.75, 3.05) is 25.0 Å². The van der Waals surface area contributed by atoms with E-state index < -0.39 is 15.3 Å². The van der Waals surface area contributed by atoms with Crippen LogP contribution in [-0.4, -0.2) is 59.1 Å². The van der Waals surface area contributed by atoms with Gasteiger partial charge in [0.15, 0.2) is 0 Å². The topological polar surface area (TPSA) is 82.2 Å². The smallest absolute Gasteiger partial charge is 0.216 e. The van der Waals surface area contributed by atoms with E-state index in [4.69, 9.17) is 0 Å². The number of anilines is 1. The maximum Gasteiger partial charge on any atom is 0.216 e. The largest absolute Gasteiger partial charge is 0.354 e. The zero-order chi connectivity index (χ0) is 15.9. The van der Waals surface area contributed by atoms with Gasteiger partial charge in [-0.2, -0.15) is 4.31 Å². The van der Waals surface area contributed by atoms with Crippen molar-refractivity contribution in [3.8, 4) is 0 Å². The molecule has 7 nitrogen and oxygen atoms in total. The first kappa shape index (κ1) is 15.2. The molecule has 0 amide bonds. The Kier molecular flexibility index (Phi) is 3.82. The van der Waals surface area contributed by atoms with Crippen LogP contribution in [0.1, 0.15) is 20.3 Å². The molecular formula is C14H21N5O2S. The summed E-state index contributed by atoms with van der Waals surface area (Å²) in [6, 6.07) is 1.93. The van der Waals surface area contributed by atoms with Crippen LogP contribution in [0.25, 0.3) is 11.0 Å². The molecule has 1 aliphatic heterocycles. The third kappa shape index (κ3) is 2.46. The lowest BCUT2D eigenvalue weighted by atomic mass is 10.3. The first-order valence-electron chi connectivity index (χ1n) is 7.41. The fraction of sp³-hybridized carbons (Fsp3) is 0.571. The number of H-pyrrole nitrogens is 1. The van der Waals surface area contributed by atoms with Gasteiger partial charge in [-0.1, -0.05) is 0 Å². The summed E-state index contributed by atoms with van der Waals surface area (Å²) in [4.78, 5) is 13.8. The van der Waals surface area contributed by atoms with E-state index in [0.29, 0.717) is 6.54 Å². The zero-order valence-corrected chi connectivity index (χ0v) is 13.8. The van der Waals surface area contributed by atoms with Crippen LogP contribution in [0.4, 0.5) is 5.82 Å². The highest BCUT2D eigenvalue weighted by Crippen LogP contribution is 2.27. The number of nitrogens with zero attached hydrogens (tertiary/aromatic N) is 4. The second-order valence-electron chi connectivity index (χ2n) is 5.94. The fourth-order valence-electron chi connectivity index (χ4n) is 2.88. The Morgan fingerprint density at radius 3 is 2.91 bits per heavy atom. The van der Waals surface area contributed by atoms with Crippen LogP contribution in [-0.2, 0) is 10.0 Å². The van der Waals surface area contributed by atoms with Gasteiger partial charge in [0.25, 0.3) is 0 Å². The summed E-state index contributed by atoms with van der Waals surface area (Å²) in [6.07, 6.45) is 4.18. The minimum absolute atomic E-state index is 0.0173. The molecule has 0 aliphatic carbocycles. The fourth-order valence-corrected chi connectivity index (χ4v) is 4.13. The van der Waals surface area contributed by atoms with E-state index in [2.05, 4.69) is 19.9 Å². The van der Waals surface area contributed by atoms with E-state index in [1.807, 2.05) is 12.3 Å². The summed E-state index contributed by atoms with van der Waals surface area (Å²) < 4.78 is 26.1. The van der Waals surface area contributed by atoms with Crippen LogP contribution in [0.5, 0.6) is 0 Å². The van der Waals surface area contributed by atoms with Crippen molar-refractivity contribution in [2.45, 2.75) is 31.6 Å². The van der Waals surface area contributed by atoms with Crippen molar-refractivity contribution >= 4 is 26.9 Å². The normalized spacial score (nSPS) is 19.7. The zero-order valence-electron chi connectivity index (χ0n) is 13.0. The minimum Gasteiger partial charge on any atom is -0.354 e. The SMILES string of the molecule is CC(C)S(=O)(=O)N(C)[C@@H]1CCN(c2ncnc3[nH]ccc23)C1. The second kappa shape index (κ2) is 5.51. The van der Waals surface area contributed by atoms with Gasteiger partial charge < -0.3 is 9.88 Å². The Bertz CT molecular complexity index is 770. The summed E-state index contributed by atoms with van der Waals surface area (Å²) in [5.74, 6) is 0.865. The highest BCUT2D eigenvalue weighted by molar-refractivity contribution is 7.89. The highest BCUT2D eigenvalue weighted by Gasteiger charge is 2.34. The maximum absolute atomic E-state index is 12.3. The van der Waals surface area contributed by atoms with Crippen LogP contribution in [0.3, 0.4) is 0 Å². The van der Waals surface area contributed by atoms with Crippen LogP contribution in [0.15, 0.2) is 18.6 Å². The van der Waals surface area contributed by atoms with Crippen molar-refractivity contribution in [3.63, 3.8) is 0 Å².